The molecule has 4 N–H and O–H groups in total. The van der Waals surface area contributed by atoms with E-state index in [4.69, 9.17) is 4.98 Å². The molecule has 8 saturated carbocycles. The molecule has 8 fully saturated rings. The van der Waals surface area contributed by atoms with E-state index >= 15 is 0 Å². The fraction of sp³-hybridized carbons (Fsp3) is 0.475. The summed E-state index contributed by atoms with van der Waals surface area (Å²) in [5, 5.41) is 32.1. The standard InChI is InChI=1S/C61H66N6O4/c68-51(56-17-8-18-58(24-19-56,25-20-56)54(70)64-60(29-30-60)41-9-3-1-4-10-41)35-48-46-33-40(15-16-44(46)49-36-62-38-66(48)49)43-13-7-14-45-47(67-39-63-37-50(67)53(43)45)34-52(69)57-21-26-59(27-22-57,28-23-57)55(71)65-61(31-32-61)42-11-5-2-6-12-42/h1-7,9-16,33,36-39,47-48,51-52,68-69H,8,17-32,34-35H2,(H,64,70)(H,65,71). The molecule has 10 nitrogen and oxygen atoms in total. The third-order valence-electron chi connectivity index (χ3n) is 20.7. The van der Waals surface area contributed by atoms with Crippen LogP contribution in [0.5, 0.6) is 0 Å². The van der Waals surface area contributed by atoms with E-state index in [2.05, 4.69) is 110 Å². The molecule has 4 aromatic carbocycles. The van der Waals surface area contributed by atoms with Gasteiger partial charge in [-0.2, -0.15) is 0 Å². The van der Waals surface area contributed by atoms with E-state index in [1.165, 1.54) is 27.8 Å². The summed E-state index contributed by atoms with van der Waals surface area (Å²) in [6.45, 7) is 0. The quantitative estimate of drug-likeness (QED) is 0.0911. The normalized spacial score (nSPS) is 30.6. The molecule has 2 amide bonds. The first-order valence-corrected chi connectivity index (χ1v) is 27.0. The highest BCUT2D eigenvalue weighted by Crippen LogP contribution is 2.62. The Bertz CT molecular complexity index is 3040. The van der Waals surface area contributed by atoms with Gasteiger partial charge in [0.2, 0.25) is 11.8 Å². The van der Waals surface area contributed by atoms with Gasteiger partial charge in [0, 0.05) is 22.0 Å². The van der Waals surface area contributed by atoms with Gasteiger partial charge in [0.1, 0.15) is 0 Å². The van der Waals surface area contributed by atoms with Gasteiger partial charge in [-0.25, -0.2) is 9.97 Å². The molecule has 71 heavy (non-hydrogen) atoms. The van der Waals surface area contributed by atoms with Crippen molar-refractivity contribution < 1.29 is 19.8 Å². The molecule has 4 bridgehead atoms. The summed E-state index contributed by atoms with van der Waals surface area (Å²) in [5.41, 5.74) is 10.1. The van der Waals surface area contributed by atoms with Crippen molar-refractivity contribution in [1.82, 2.24) is 29.7 Å². The maximum Gasteiger partial charge on any atom is 0.226 e. The number of imidazole rings is 2. The van der Waals surface area contributed by atoms with Gasteiger partial charge < -0.3 is 30.0 Å². The number of aliphatic hydroxyl groups excluding tert-OH is 2. The van der Waals surface area contributed by atoms with Gasteiger partial charge in [-0.15, -0.1) is 0 Å². The Morgan fingerprint density at radius 2 is 1.04 bits per heavy atom. The minimum absolute atomic E-state index is 0.0497. The number of carbonyl (C=O) groups excluding carboxylic acids is 2. The molecule has 0 saturated heterocycles. The Morgan fingerprint density at radius 3 is 1.61 bits per heavy atom. The lowest BCUT2D eigenvalue weighted by Crippen LogP contribution is -2.55. The maximum atomic E-state index is 14.3. The van der Waals surface area contributed by atoms with Crippen molar-refractivity contribution in [3.05, 3.63) is 144 Å². The molecule has 2 aliphatic heterocycles. The summed E-state index contributed by atoms with van der Waals surface area (Å²) < 4.78 is 4.55. The van der Waals surface area contributed by atoms with Gasteiger partial charge in [-0.1, -0.05) is 97.4 Å². The van der Waals surface area contributed by atoms with Crippen LogP contribution in [-0.2, 0) is 20.7 Å². The Morgan fingerprint density at radius 1 is 0.535 bits per heavy atom. The number of rotatable bonds is 13. The molecule has 16 rings (SSSR count). The monoisotopic (exact) mass is 947 g/mol. The lowest BCUT2D eigenvalue weighted by Gasteiger charge is -2.55. The minimum atomic E-state index is -0.519. The Labute approximate surface area is 416 Å². The number of amides is 2. The molecule has 0 spiro atoms. The van der Waals surface area contributed by atoms with E-state index in [9.17, 15) is 19.8 Å². The molecule has 6 aromatic rings. The van der Waals surface area contributed by atoms with Crippen molar-refractivity contribution in [1.29, 1.82) is 0 Å². The number of carbonyl (C=O) groups is 2. The zero-order valence-corrected chi connectivity index (χ0v) is 40.8. The summed E-state index contributed by atoms with van der Waals surface area (Å²) >= 11 is 0. The van der Waals surface area contributed by atoms with Crippen LogP contribution in [0.1, 0.15) is 156 Å². The minimum Gasteiger partial charge on any atom is -0.392 e. The summed E-state index contributed by atoms with van der Waals surface area (Å²) in [4.78, 5) is 37.7. The number of nitrogens with zero attached hydrogens (tertiary/aromatic N) is 4. The second-order valence-corrected chi connectivity index (χ2v) is 23.9. The van der Waals surface area contributed by atoms with E-state index in [0.29, 0.717) is 12.8 Å². The van der Waals surface area contributed by atoms with Crippen molar-refractivity contribution in [2.45, 2.75) is 157 Å². The van der Waals surface area contributed by atoms with Crippen molar-refractivity contribution in [2.75, 3.05) is 0 Å². The third kappa shape index (κ3) is 6.71. The number of aromatic nitrogens is 4. The van der Waals surface area contributed by atoms with E-state index < -0.39 is 12.2 Å². The average molecular weight is 947 g/mol. The molecular weight excluding hydrogens is 881 g/mol. The number of benzene rings is 4. The van der Waals surface area contributed by atoms with E-state index in [1.54, 1.807) is 0 Å². The Balaban J connectivity index is 0.689. The van der Waals surface area contributed by atoms with Crippen LogP contribution in [0.25, 0.3) is 33.6 Å². The van der Waals surface area contributed by atoms with Crippen LogP contribution in [0.3, 0.4) is 0 Å². The number of fused-ring (bicyclic) bond motifs is 13. The molecule has 4 unspecified atom stereocenters. The van der Waals surface area contributed by atoms with Crippen molar-refractivity contribution in [3.8, 4) is 33.6 Å². The van der Waals surface area contributed by atoms with Crippen LogP contribution in [0, 0.1) is 21.7 Å². The first-order chi connectivity index (χ1) is 34.6. The van der Waals surface area contributed by atoms with E-state index in [1.807, 2.05) is 37.2 Å². The molecule has 0 radical (unpaired) electrons. The molecule has 364 valence electrons. The van der Waals surface area contributed by atoms with Crippen LogP contribution in [0.2, 0.25) is 0 Å². The van der Waals surface area contributed by atoms with Crippen LogP contribution < -0.4 is 10.6 Å². The molecule has 4 atom stereocenters. The molecular formula is C61H66N6O4. The molecule has 8 aliphatic carbocycles. The van der Waals surface area contributed by atoms with Crippen molar-refractivity contribution in [2.24, 2.45) is 21.7 Å². The number of aliphatic hydroxyl groups is 2. The largest absolute Gasteiger partial charge is 0.392 e. The topological polar surface area (TPSA) is 134 Å². The second kappa shape index (κ2) is 15.8. The maximum absolute atomic E-state index is 14.3. The van der Waals surface area contributed by atoms with Crippen molar-refractivity contribution in [3.63, 3.8) is 0 Å². The van der Waals surface area contributed by atoms with Gasteiger partial charge in [0.05, 0.1) is 71.8 Å². The molecule has 4 heterocycles. The van der Waals surface area contributed by atoms with Gasteiger partial charge in [-0.3, -0.25) is 9.59 Å². The first-order valence-electron chi connectivity index (χ1n) is 27.0. The van der Waals surface area contributed by atoms with Crippen LogP contribution >= 0.6 is 0 Å². The lowest BCUT2D eigenvalue weighted by molar-refractivity contribution is -0.149. The van der Waals surface area contributed by atoms with Gasteiger partial charge in [-0.05, 0) is 166 Å². The molecule has 10 heteroatoms. The summed E-state index contributed by atoms with van der Waals surface area (Å²) in [6.07, 6.45) is 23.2. The average Bonchev–Trinajstić information content (AvgIpc) is 4.23. The highest BCUT2D eigenvalue weighted by atomic mass is 16.3. The van der Waals surface area contributed by atoms with Crippen LogP contribution in [0.4, 0.5) is 0 Å². The Hall–Kier alpha value is -5.84. The predicted octanol–water partition coefficient (Wildman–Crippen LogP) is 11.1. The van der Waals surface area contributed by atoms with Crippen LogP contribution in [-0.4, -0.2) is 53.3 Å². The summed E-state index contributed by atoms with van der Waals surface area (Å²) in [5.74, 6) is 0.438. The van der Waals surface area contributed by atoms with Gasteiger partial charge >= 0.3 is 0 Å². The second-order valence-electron chi connectivity index (χ2n) is 23.9. The highest BCUT2D eigenvalue weighted by molar-refractivity contribution is 5.89. The molecule has 2 aromatic heterocycles. The number of hydrogen-bond donors (Lipinski definition) is 4. The zero-order valence-electron chi connectivity index (χ0n) is 40.8. The number of nitrogens with one attached hydrogen (secondary N) is 2. The van der Waals surface area contributed by atoms with Crippen LogP contribution in [0.15, 0.2) is 122 Å². The Kier molecular flexibility index (Phi) is 9.79. The fourth-order valence-corrected chi connectivity index (χ4v) is 15.7. The predicted molar refractivity (Wildman–Crippen MR) is 273 cm³/mol. The summed E-state index contributed by atoms with van der Waals surface area (Å²) in [7, 11) is 0. The first kappa shape index (κ1) is 43.9. The van der Waals surface area contributed by atoms with Gasteiger partial charge in [0.15, 0.2) is 0 Å². The van der Waals surface area contributed by atoms with E-state index in [0.717, 1.165) is 137 Å². The smallest absolute Gasteiger partial charge is 0.226 e. The fourth-order valence-electron chi connectivity index (χ4n) is 15.7. The van der Waals surface area contributed by atoms with Crippen molar-refractivity contribution >= 4 is 11.8 Å². The SMILES string of the molecule is O=C(NC1(c2ccccc2)CC1)C12CCCC(C(O)CC3c4cc(-c5cccc6c5-c5cncn5C6CC(O)C56CCC(C(=O)NC7(c8ccccc8)CC7)(CC5)CC6)ccc4-c4cncn43)(CC1)CC2. The molecule has 10 aliphatic rings. The van der Waals surface area contributed by atoms with E-state index in [-0.39, 0.29) is 56.6 Å². The highest BCUT2D eigenvalue weighted by Gasteiger charge is 2.58. The summed E-state index contributed by atoms with van der Waals surface area (Å²) in [6, 6.07) is 34.3. The van der Waals surface area contributed by atoms with Gasteiger partial charge in [0.25, 0.3) is 0 Å². The number of hydrogen-bond acceptors (Lipinski definition) is 6. The zero-order chi connectivity index (χ0) is 47.8. The third-order valence-corrected chi connectivity index (χ3v) is 20.7. The lowest BCUT2D eigenvalue weighted by atomic mass is 9.51.